The molecule has 4 rings (SSSR count). The van der Waals surface area contributed by atoms with Crippen LogP contribution in [0.4, 0.5) is 5.69 Å². The van der Waals surface area contributed by atoms with Crippen LogP contribution in [0.25, 0.3) is 11.3 Å². The number of fused-ring (bicyclic) bond motifs is 3. The summed E-state index contributed by atoms with van der Waals surface area (Å²) in [5.74, 6) is 1.49. The molecule has 1 aliphatic rings. The van der Waals surface area contributed by atoms with E-state index in [1.807, 2.05) is 25.1 Å². The van der Waals surface area contributed by atoms with Crippen LogP contribution in [0.5, 0.6) is 17.4 Å². The van der Waals surface area contributed by atoms with Gasteiger partial charge in [-0.3, -0.25) is 0 Å². The number of aromatic nitrogens is 3. The maximum absolute atomic E-state index is 10.3. The molecule has 30 heavy (non-hydrogen) atoms. The number of anilines is 1. The van der Waals surface area contributed by atoms with E-state index in [0.717, 1.165) is 21.5 Å². The fraction of sp³-hybridized carbons (Fsp3) is 0.211. The third-order valence-corrected chi connectivity index (χ3v) is 7.71. The van der Waals surface area contributed by atoms with E-state index in [4.69, 9.17) is 9.47 Å². The minimum atomic E-state index is -0.637. The average Bonchev–Trinajstić information content (AvgIpc) is 2.89. The van der Waals surface area contributed by atoms with Gasteiger partial charge in [-0.1, -0.05) is 34.6 Å². The second-order valence-electron chi connectivity index (χ2n) is 6.16. The number of ether oxygens (including phenoxy) is 2. The smallest absolute Gasteiger partial charge is 0.247 e. The van der Waals surface area contributed by atoms with Crippen molar-refractivity contribution >= 4 is 65.2 Å². The molecule has 1 aromatic heterocycles. The Balaban J connectivity index is 1.90. The normalized spacial score (nSPS) is 14.8. The maximum Gasteiger partial charge on any atom is 0.247 e. The molecule has 11 heteroatoms. The predicted octanol–water partition coefficient (Wildman–Crippen LogP) is 6.16. The molecule has 0 amide bonds. The standard InChI is InChI=1S/C19H15Br3N4O3S/c1-3-30-19-24-18-15(25-26-19)9-6-8(20)4-5-11(9)23-17(29-18)10-7-12(28-2)16(27)14(22)13(10)21/h4-7,17,23,27H,3H2,1-2H3. The second kappa shape index (κ2) is 8.89. The number of phenols is 1. The van der Waals surface area contributed by atoms with Crippen LogP contribution in [-0.4, -0.2) is 33.2 Å². The van der Waals surface area contributed by atoms with E-state index in [9.17, 15) is 5.11 Å². The summed E-state index contributed by atoms with van der Waals surface area (Å²) in [6.45, 7) is 2.02. The molecule has 0 saturated heterocycles. The first-order valence-corrected chi connectivity index (χ1v) is 12.1. The fourth-order valence-corrected chi connectivity index (χ4v) is 4.76. The fourth-order valence-electron chi connectivity index (χ4n) is 2.96. The molecule has 0 radical (unpaired) electrons. The molecule has 0 bridgehead atoms. The van der Waals surface area contributed by atoms with Crippen molar-refractivity contribution in [3.05, 3.63) is 43.2 Å². The van der Waals surface area contributed by atoms with Crippen LogP contribution in [-0.2, 0) is 0 Å². The minimum Gasteiger partial charge on any atom is -0.503 e. The van der Waals surface area contributed by atoms with E-state index in [-0.39, 0.29) is 5.75 Å². The molecular formula is C19H15Br3N4O3S. The highest BCUT2D eigenvalue weighted by molar-refractivity contribution is 9.13. The van der Waals surface area contributed by atoms with Crippen molar-refractivity contribution in [3.63, 3.8) is 0 Å². The number of benzene rings is 2. The zero-order valence-electron chi connectivity index (χ0n) is 15.7. The monoisotopic (exact) mass is 616 g/mol. The molecule has 2 N–H and O–H groups in total. The van der Waals surface area contributed by atoms with Crippen molar-refractivity contribution in [3.8, 4) is 28.6 Å². The lowest BCUT2D eigenvalue weighted by Crippen LogP contribution is -2.18. The highest BCUT2D eigenvalue weighted by atomic mass is 79.9. The van der Waals surface area contributed by atoms with Gasteiger partial charge in [0.1, 0.15) is 0 Å². The van der Waals surface area contributed by atoms with Gasteiger partial charge in [0.2, 0.25) is 11.0 Å². The molecule has 0 saturated carbocycles. The zero-order chi connectivity index (χ0) is 21.4. The number of nitrogens with zero attached hydrogens (tertiary/aromatic N) is 3. The SMILES string of the molecule is CCSc1nnc2c(n1)OC(c1cc(OC)c(O)c(Br)c1Br)Nc1ccc(Br)cc1-2. The molecule has 156 valence electrons. The van der Waals surface area contributed by atoms with E-state index >= 15 is 0 Å². The molecule has 0 spiro atoms. The van der Waals surface area contributed by atoms with Gasteiger partial charge >= 0.3 is 0 Å². The first kappa shape index (κ1) is 21.7. The van der Waals surface area contributed by atoms with Crippen molar-refractivity contribution in [2.45, 2.75) is 18.3 Å². The number of aromatic hydroxyl groups is 1. The molecule has 3 aromatic rings. The molecular weight excluding hydrogens is 604 g/mol. The first-order chi connectivity index (χ1) is 14.4. The lowest BCUT2D eigenvalue weighted by Gasteiger charge is -2.22. The highest BCUT2D eigenvalue weighted by Crippen LogP contribution is 2.47. The first-order valence-electron chi connectivity index (χ1n) is 8.78. The van der Waals surface area contributed by atoms with E-state index < -0.39 is 6.23 Å². The Hall–Kier alpha value is -1.56. The van der Waals surface area contributed by atoms with Gasteiger partial charge in [0.15, 0.2) is 23.4 Å². The van der Waals surface area contributed by atoms with Gasteiger partial charge in [-0.05, 0) is 61.9 Å². The van der Waals surface area contributed by atoms with Crippen LogP contribution >= 0.6 is 59.6 Å². The molecule has 1 unspecified atom stereocenters. The Bertz CT molecular complexity index is 1130. The molecule has 2 heterocycles. The summed E-state index contributed by atoms with van der Waals surface area (Å²) < 4.78 is 13.6. The number of methoxy groups -OCH3 is 1. The van der Waals surface area contributed by atoms with Crippen molar-refractivity contribution in [2.24, 2.45) is 0 Å². The molecule has 1 aliphatic heterocycles. The Morgan fingerprint density at radius 1 is 1.20 bits per heavy atom. The average molecular weight is 619 g/mol. The summed E-state index contributed by atoms with van der Waals surface area (Å²) in [6.07, 6.45) is -0.637. The topological polar surface area (TPSA) is 89.4 Å². The number of thioether (sulfide) groups is 1. The lowest BCUT2D eigenvalue weighted by molar-refractivity contribution is 0.223. The summed E-state index contributed by atoms with van der Waals surface area (Å²) in [5.41, 5.74) is 2.88. The summed E-state index contributed by atoms with van der Waals surface area (Å²) in [7, 11) is 1.49. The number of nitrogens with one attached hydrogen (secondary N) is 1. The van der Waals surface area contributed by atoms with Crippen LogP contribution < -0.4 is 14.8 Å². The highest BCUT2D eigenvalue weighted by Gasteiger charge is 2.29. The van der Waals surface area contributed by atoms with Crippen molar-refractivity contribution in [1.82, 2.24) is 15.2 Å². The number of rotatable bonds is 4. The van der Waals surface area contributed by atoms with Gasteiger partial charge in [0.05, 0.1) is 11.6 Å². The molecule has 0 fully saturated rings. The van der Waals surface area contributed by atoms with Gasteiger partial charge in [0, 0.05) is 25.8 Å². The molecule has 1 atom stereocenters. The second-order valence-corrected chi connectivity index (χ2v) is 9.89. The van der Waals surface area contributed by atoms with Crippen LogP contribution in [0.3, 0.4) is 0 Å². The summed E-state index contributed by atoms with van der Waals surface area (Å²) in [6, 6.07) is 7.51. The van der Waals surface area contributed by atoms with E-state index in [0.29, 0.717) is 37.0 Å². The van der Waals surface area contributed by atoms with Gasteiger partial charge < -0.3 is 19.9 Å². The van der Waals surface area contributed by atoms with Crippen LogP contribution in [0.15, 0.2) is 42.8 Å². The van der Waals surface area contributed by atoms with E-state index in [1.165, 1.54) is 18.9 Å². The quantitative estimate of drug-likeness (QED) is 0.336. The number of hydrogen-bond donors (Lipinski definition) is 2. The molecule has 7 nitrogen and oxygen atoms in total. The van der Waals surface area contributed by atoms with Gasteiger partial charge in [-0.25, -0.2) is 0 Å². The third kappa shape index (κ3) is 4.00. The van der Waals surface area contributed by atoms with Crippen LogP contribution in [0.1, 0.15) is 18.7 Å². The van der Waals surface area contributed by atoms with Gasteiger partial charge in [-0.15, -0.1) is 10.2 Å². The number of halogens is 3. The van der Waals surface area contributed by atoms with Gasteiger partial charge in [-0.2, -0.15) is 4.98 Å². The number of hydrogen-bond acceptors (Lipinski definition) is 8. The van der Waals surface area contributed by atoms with Gasteiger partial charge in [0.25, 0.3) is 0 Å². The Morgan fingerprint density at radius 2 is 2.00 bits per heavy atom. The van der Waals surface area contributed by atoms with Crippen molar-refractivity contribution in [2.75, 3.05) is 18.2 Å². The van der Waals surface area contributed by atoms with Crippen LogP contribution in [0, 0.1) is 0 Å². The molecule has 0 aliphatic carbocycles. The Kier molecular flexibility index (Phi) is 6.42. The molecule has 2 aromatic carbocycles. The van der Waals surface area contributed by atoms with Crippen molar-refractivity contribution < 1.29 is 14.6 Å². The van der Waals surface area contributed by atoms with Crippen LogP contribution in [0.2, 0.25) is 0 Å². The maximum atomic E-state index is 10.3. The summed E-state index contributed by atoms with van der Waals surface area (Å²) in [5, 5.41) is 22.9. The zero-order valence-corrected chi connectivity index (χ0v) is 21.3. The summed E-state index contributed by atoms with van der Waals surface area (Å²) >= 11 is 12.0. The Labute approximate surface area is 202 Å². The lowest BCUT2D eigenvalue weighted by atomic mass is 10.1. The minimum absolute atomic E-state index is 0.00268. The van der Waals surface area contributed by atoms with E-state index in [2.05, 4.69) is 68.3 Å². The van der Waals surface area contributed by atoms with Crippen molar-refractivity contribution in [1.29, 1.82) is 0 Å². The largest absolute Gasteiger partial charge is 0.503 e. The number of phenolic OH excluding ortho intramolecular Hbond substituents is 1. The Morgan fingerprint density at radius 3 is 2.73 bits per heavy atom. The van der Waals surface area contributed by atoms with E-state index in [1.54, 1.807) is 6.07 Å². The summed E-state index contributed by atoms with van der Waals surface area (Å²) in [4.78, 5) is 4.58. The predicted molar refractivity (Wildman–Crippen MR) is 126 cm³/mol. The third-order valence-electron chi connectivity index (χ3n) is 4.34.